The molecule has 26 heavy (non-hydrogen) atoms. The molecular formula is C18H23N3O5. The number of oxime groups is 1. The number of piperazine rings is 1. The van der Waals surface area contributed by atoms with Gasteiger partial charge >= 0.3 is 6.09 Å². The Balaban J connectivity index is 1.56. The van der Waals surface area contributed by atoms with E-state index in [0.717, 1.165) is 5.56 Å². The first-order valence-electron chi connectivity index (χ1n) is 8.70. The van der Waals surface area contributed by atoms with Gasteiger partial charge in [-0.3, -0.25) is 4.79 Å². The minimum absolute atomic E-state index is 0.109. The van der Waals surface area contributed by atoms with Gasteiger partial charge < -0.3 is 24.1 Å². The quantitative estimate of drug-likeness (QED) is 0.812. The smallest absolute Gasteiger partial charge is 0.409 e. The number of amides is 2. The van der Waals surface area contributed by atoms with E-state index >= 15 is 0 Å². The molecule has 1 aromatic rings. The molecule has 0 unspecified atom stereocenters. The standard InChI is InChI=1S/C18H23N3O5/c1-3-25-18(23)21-10-8-20(9-11-21)17(22)16-12-14(19-26-16)13-6-4-5-7-15(13)24-2/h4-7,16H,3,8-12H2,1-2H3/t16-/m1/s1. The second-order valence-electron chi connectivity index (χ2n) is 6.05. The molecule has 140 valence electrons. The highest BCUT2D eigenvalue weighted by Gasteiger charge is 2.35. The van der Waals surface area contributed by atoms with Gasteiger partial charge in [0, 0.05) is 38.2 Å². The first-order chi connectivity index (χ1) is 12.6. The maximum atomic E-state index is 12.7. The average Bonchev–Trinajstić information content (AvgIpc) is 3.17. The van der Waals surface area contributed by atoms with E-state index in [2.05, 4.69) is 5.16 Å². The van der Waals surface area contributed by atoms with Crippen LogP contribution in [0.25, 0.3) is 0 Å². The number of carbonyl (C=O) groups is 2. The summed E-state index contributed by atoms with van der Waals surface area (Å²) in [6, 6.07) is 7.52. The largest absolute Gasteiger partial charge is 0.496 e. The van der Waals surface area contributed by atoms with Gasteiger partial charge in [-0.15, -0.1) is 0 Å². The number of benzene rings is 1. The van der Waals surface area contributed by atoms with Crippen molar-refractivity contribution in [2.24, 2.45) is 5.16 Å². The Hall–Kier alpha value is -2.77. The minimum Gasteiger partial charge on any atom is -0.496 e. The number of nitrogens with zero attached hydrogens (tertiary/aromatic N) is 3. The van der Waals surface area contributed by atoms with Gasteiger partial charge in [-0.2, -0.15) is 0 Å². The minimum atomic E-state index is -0.635. The lowest BCUT2D eigenvalue weighted by Crippen LogP contribution is -2.53. The summed E-state index contributed by atoms with van der Waals surface area (Å²) in [6.45, 7) is 3.95. The third kappa shape index (κ3) is 3.74. The van der Waals surface area contributed by atoms with Crippen molar-refractivity contribution in [1.29, 1.82) is 0 Å². The maximum absolute atomic E-state index is 12.7. The molecule has 0 aliphatic carbocycles. The van der Waals surface area contributed by atoms with Crippen molar-refractivity contribution >= 4 is 17.7 Å². The van der Waals surface area contributed by atoms with Gasteiger partial charge in [0.05, 0.1) is 19.4 Å². The molecule has 1 atom stereocenters. The molecule has 3 rings (SSSR count). The monoisotopic (exact) mass is 361 g/mol. The molecule has 0 aromatic heterocycles. The molecule has 8 heteroatoms. The zero-order chi connectivity index (χ0) is 18.5. The number of methoxy groups -OCH3 is 1. The van der Waals surface area contributed by atoms with Crippen LogP contribution in [0.5, 0.6) is 5.75 Å². The second-order valence-corrected chi connectivity index (χ2v) is 6.05. The average molecular weight is 361 g/mol. The molecule has 1 aromatic carbocycles. The van der Waals surface area contributed by atoms with Crippen LogP contribution in [0.4, 0.5) is 4.79 Å². The van der Waals surface area contributed by atoms with Crippen LogP contribution in [0.2, 0.25) is 0 Å². The van der Waals surface area contributed by atoms with Crippen LogP contribution in [0.15, 0.2) is 29.4 Å². The Kier molecular flexibility index (Phi) is 5.60. The molecule has 0 bridgehead atoms. The first-order valence-corrected chi connectivity index (χ1v) is 8.70. The number of carbonyl (C=O) groups excluding carboxylic acids is 2. The molecule has 2 aliphatic heterocycles. The fourth-order valence-corrected chi connectivity index (χ4v) is 3.08. The summed E-state index contributed by atoms with van der Waals surface area (Å²) in [5, 5.41) is 4.08. The molecule has 2 heterocycles. The number of hydrogen-bond acceptors (Lipinski definition) is 6. The van der Waals surface area contributed by atoms with E-state index in [4.69, 9.17) is 14.3 Å². The highest BCUT2D eigenvalue weighted by atomic mass is 16.6. The van der Waals surface area contributed by atoms with Gasteiger partial charge in [-0.05, 0) is 19.1 Å². The molecule has 0 radical (unpaired) electrons. The topological polar surface area (TPSA) is 80.7 Å². The van der Waals surface area contributed by atoms with Crippen LogP contribution in [-0.4, -0.2) is 73.5 Å². The summed E-state index contributed by atoms with van der Waals surface area (Å²) in [5.74, 6) is 0.591. The second kappa shape index (κ2) is 8.07. The van der Waals surface area contributed by atoms with Crippen LogP contribution >= 0.6 is 0 Å². The van der Waals surface area contributed by atoms with Gasteiger partial charge in [-0.1, -0.05) is 17.3 Å². The predicted molar refractivity (Wildman–Crippen MR) is 94.2 cm³/mol. The van der Waals surface area contributed by atoms with E-state index in [-0.39, 0.29) is 12.0 Å². The molecule has 1 fully saturated rings. The third-order valence-corrected chi connectivity index (χ3v) is 4.48. The molecular weight excluding hydrogens is 338 g/mol. The SMILES string of the molecule is CCOC(=O)N1CCN(C(=O)[C@H]2CC(c3ccccc3OC)=NO2)CC1. The van der Waals surface area contributed by atoms with Crippen molar-refractivity contribution < 1.29 is 23.9 Å². The van der Waals surface area contributed by atoms with Gasteiger partial charge in [0.25, 0.3) is 5.91 Å². The first kappa shape index (κ1) is 18.0. The summed E-state index contributed by atoms with van der Waals surface area (Å²) in [5.41, 5.74) is 1.53. The van der Waals surface area contributed by atoms with Crippen LogP contribution in [0, 0.1) is 0 Å². The lowest BCUT2D eigenvalue weighted by atomic mass is 10.0. The van der Waals surface area contributed by atoms with Crippen molar-refractivity contribution in [1.82, 2.24) is 9.80 Å². The van der Waals surface area contributed by atoms with Crippen LogP contribution in [0.1, 0.15) is 18.9 Å². The molecule has 8 nitrogen and oxygen atoms in total. The van der Waals surface area contributed by atoms with Crippen LogP contribution < -0.4 is 4.74 Å². The molecule has 2 aliphatic rings. The lowest BCUT2D eigenvalue weighted by molar-refractivity contribution is -0.143. The molecule has 0 N–H and O–H groups in total. The Labute approximate surface area is 152 Å². The highest BCUT2D eigenvalue weighted by molar-refractivity contribution is 6.05. The predicted octanol–water partition coefficient (Wildman–Crippen LogP) is 1.49. The van der Waals surface area contributed by atoms with Crippen LogP contribution in [0.3, 0.4) is 0 Å². The molecule has 0 spiro atoms. The van der Waals surface area contributed by atoms with E-state index in [0.29, 0.717) is 50.7 Å². The van der Waals surface area contributed by atoms with Crippen molar-refractivity contribution in [2.45, 2.75) is 19.4 Å². The van der Waals surface area contributed by atoms with Crippen molar-refractivity contribution in [2.75, 3.05) is 39.9 Å². The van der Waals surface area contributed by atoms with E-state index in [1.54, 1.807) is 23.8 Å². The highest BCUT2D eigenvalue weighted by Crippen LogP contribution is 2.25. The van der Waals surface area contributed by atoms with E-state index in [9.17, 15) is 9.59 Å². The van der Waals surface area contributed by atoms with E-state index in [1.165, 1.54) is 0 Å². The lowest BCUT2D eigenvalue weighted by Gasteiger charge is -2.34. The number of rotatable bonds is 4. The van der Waals surface area contributed by atoms with Crippen molar-refractivity contribution in [3.05, 3.63) is 29.8 Å². The Morgan fingerprint density at radius 1 is 1.19 bits per heavy atom. The Morgan fingerprint density at radius 3 is 2.58 bits per heavy atom. The number of hydrogen-bond donors (Lipinski definition) is 0. The number of para-hydroxylation sites is 1. The van der Waals surface area contributed by atoms with Crippen LogP contribution in [-0.2, 0) is 14.4 Å². The molecule has 0 saturated carbocycles. The Morgan fingerprint density at radius 2 is 1.88 bits per heavy atom. The molecule has 2 amide bonds. The number of ether oxygens (including phenoxy) is 2. The Bertz CT molecular complexity index is 698. The van der Waals surface area contributed by atoms with E-state index in [1.807, 2.05) is 24.3 Å². The van der Waals surface area contributed by atoms with Gasteiger partial charge in [-0.25, -0.2) is 4.79 Å². The summed E-state index contributed by atoms with van der Waals surface area (Å²) in [6.07, 6.45) is -0.570. The summed E-state index contributed by atoms with van der Waals surface area (Å²) >= 11 is 0. The fraction of sp³-hybridized carbons (Fsp3) is 0.500. The van der Waals surface area contributed by atoms with Gasteiger partial charge in [0.15, 0.2) is 0 Å². The summed E-state index contributed by atoms with van der Waals surface area (Å²) in [7, 11) is 1.60. The fourth-order valence-electron chi connectivity index (χ4n) is 3.08. The van der Waals surface area contributed by atoms with E-state index < -0.39 is 6.10 Å². The van der Waals surface area contributed by atoms with Gasteiger partial charge in [0.1, 0.15) is 5.75 Å². The zero-order valence-electron chi connectivity index (χ0n) is 15.0. The summed E-state index contributed by atoms with van der Waals surface area (Å²) < 4.78 is 10.3. The molecule has 1 saturated heterocycles. The summed E-state index contributed by atoms with van der Waals surface area (Å²) in [4.78, 5) is 33.1. The van der Waals surface area contributed by atoms with Gasteiger partial charge in [0.2, 0.25) is 6.10 Å². The van der Waals surface area contributed by atoms with Crippen molar-refractivity contribution in [3.8, 4) is 5.75 Å². The zero-order valence-corrected chi connectivity index (χ0v) is 15.0. The van der Waals surface area contributed by atoms with Crippen molar-refractivity contribution in [3.63, 3.8) is 0 Å². The normalized spacial score (nSPS) is 19.6. The third-order valence-electron chi connectivity index (χ3n) is 4.48. The maximum Gasteiger partial charge on any atom is 0.409 e.